The number of likely N-dealkylation sites (tertiary alicyclic amines) is 1. The maximum Gasteiger partial charge on any atom is 0.254 e. The second kappa shape index (κ2) is 6.69. The lowest BCUT2D eigenvalue weighted by atomic mass is 9.87. The van der Waals surface area contributed by atoms with Crippen LogP contribution in [0.5, 0.6) is 0 Å². The van der Waals surface area contributed by atoms with Crippen molar-refractivity contribution in [2.24, 2.45) is 5.92 Å². The van der Waals surface area contributed by atoms with Crippen molar-refractivity contribution < 1.29 is 18.7 Å². The molecule has 0 N–H and O–H groups in total. The maximum atomic E-state index is 13.3. The van der Waals surface area contributed by atoms with Gasteiger partial charge in [-0.05, 0) is 62.3 Å². The highest BCUT2D eigenvalue weighted by Crippen LogP contribution is 2.38. The van der Waals surface area contributed by atoms with Gasteiger partial charge in [0.05, 0.1) is 18.3 Å². The molecule has 4 rings (SSSR count). The Labute approximate surface area is 148 Å². The number of ether oxygens (including phenoxy) is 2. The van der Waals surface area contributed by atoms with Crippen LogP contribution in [0.15, 0.2) is 18.2 Å². The molecule has 25 heavy (non-hydrogen) atoms. The summed E-state index contributed by atoms with van der Waals surface area (Å²) in [6.45, 7) is 4.70. The van der Waals surface area contributed by atoms with Crippen molar-refractivity contribution in [3.8, 4) is 0 Å². The first-order chi connectivity index (χ1) is 12.0. The molecule has 2 saturated heterocycles. The summed E-state index contributed by atoms with van der Waals surface area (Å²) in [5, 5.41) is 0. The van der Waals surface area contributed by atoms with E-state index in [9.17, 15) is 9.18 Å². The minimum absolute atomic E-state index is 0.00752. The molecule has 4 nitrogen and oxygen atoms in total. The van der Waals surface area contributed by atoms with Gasteiger partial charge in [0.25, 0.3) is 5.91 Å². The second-order valence-electron chi connectivity index (χ2n) is 7.85. The third-order valence-electron chi connectivity index (χ3n) is 5.82. The molecule has 136 valence electrons. The van der Waals surface area contributed by atoms with Crippen LogP contribution in [-0.4, -0.2) is 48.8 Å². The first kappa shape index (κ1) is 17.0. The average Bonchev–Trinajstić information content (AvgIpc) is 3.35. The SMILES string of the molecule is Cc1cc(F)ccc1C(=O)N1CCC2(CC1)CC(OCC1CC1)CO2. The minimum atomic E-state index is -0.303. The van der Waals surface area contributed by atoms with Gasteiger partial charge in [0.15, 0.2) is 0 Å². The van der Waals surface area contributed by atoms with Gasteiger partial charge in [-0.25, -0.2) is 4.39 Å². The molecular formula is C20H26FNO3. The predicted octanol–water partition coefficient (Wildman–Crippen LogP) is 3.32. The second-order valence-corrected chi connectivity index (χ2v) is 7.85. The fraction of sp³-hybridized carbons (Fsp3) is 0.650. The van der Waals surface area contributed by atoms with Gasteiger partial charge in [-0.2, -0.15) is 0 Å². The number of nitrogens with zero attached hydrogens (tertiary/aromatic N) is 1. The van der Waals surface area contributed by atoms with Gasteiger partial charge in [0, 0.05) is 31.7 Å². The van der Waals surface area contributed by atoms with E-state index < -0.39 is 0 Å². The molecule has 0 bridgehead atoms. The van der Waals surface area contributed by atoms with E-state index in [2.05, 4.69) is 0 Å². The molecule has 1 aromatic carbocycles. The van der Waals surface area contributed by atoms with Crippen LogP contribution in [0.4, 0.5) is 4.39 Å². The summed E-state index contributed by atoms with van der Waals surface area (Å²) < 4.78 is 25.3. The summed E-state index contributed by atoms with van der Waals surface area (Å²) >= 11 is 0. The highest BCUT2D eigenvalue weighted by molar-refractivity contribution is 5.95. The van der Waals surface area contributed by atoms with E-state index >= 15 is 0 Å². The Morgan fingerprint density at radius 1 is 1.36 bits per heavy atom. The number of carbonyl (C=O) groups is 1. The highest BCUT2D eigenvalue weighted by atomic mass is 19.1. The maximum absolute atomic E-state index is 13.3. The van der Waals surface area contributed by atoms with Crippen LogP contribution in [0.1, 0.15) is 48.0 Å². The van der Waals surface area contributed by atoms with Gasteiger partial charge in [0.1, 0.15) is 5.82 Å². The molecule has 1 aliphatic carbocycles. The normalized spacial score (nSPS) is 25.5. The molecule has 1 unspecified atom stereocenters. The number of carbonyl (C=O) groups excluding carboxylic acids is 1. The zero-order valence-corrected chi connectivity index (χ0v) is 14.8. The van der Waals surface area contributed by atoms with E-state index in [0.29, 0.717) is 30.8 Å². The lowest BCUT2D eigenvalue weighted by molar-refractivity contribution is -0.0410. The number of aryl methyl sites for hydroxylation is 1. The zero-order valence-electron chi connectivity index (χ0n) is 14.8. The monoisotopic (exact) mass is 347 g/mol. The van der Waals surface area contributed by atoms with E-state index in [1.54, 1.807) is 13.0 Å². The summed E-state index contributed by atoms with van der Waals surface area (Å²) in [4.78, 5) is 14.6. The quantitative estimate of drug-likeness (QED) is 0.839. The van der Waals surface area contributed by atoms with Crippen molar-refractivity contribution in [3.05, 3.63) is 35.1 Å². The standard InChI is InChI=1S/C20H26FNO3/c1-14-10-16(21)4-5-18(14)19(23)22-8-6-20(7-9-22)11-17(13-25-20)24-12-15-2-3-15/h4-5,10,15,17H,2-3,6-9,11-13H2,1H3. The van der Waals surface area contributed by atoms with Gasteiger partial charge >= 0.3 is 0 Å². The third-order valence-corrected chi connectivity index (χ3v) is 5.82. The Bertz CT molecular complexity index is 650. The molecule has 3 fully saturated rings. The lowest BCUT2D eigenvalue weighted by Crippen LogP contribution is -2.46. The lowest BCUT2D eigenvalue weighted by Gasteiger charge is -2.38. The average molecular weight is 347 g/mol. The molecule has 1 aromatic rings. The summed E-state index contributed by atoms with van der Waals surface area (Å²) in [5.41, 5.74) is 1.16. The van der Waals surface area contributed by atoms with Gasteiger partial charge < -0.3 is 14.4 Å². The van der Waals surface area contributed by atoms with Crippen LogP contribution in [-0.2, 0) is 9.47 Å². The van der Waals surface area contributed by atoms with Crippen LogP contribution in [0, 0.1) is 18.7 Å². The van der Waals surface area contributed by atoms with Crippen molar-refractivity contribution in [2.45, 2.75) is 50.7 Å². The van der Waals surface area contributed by atoms with Crippen LogP contribution in [0.2, 0.25) is 0 Å². The summed E-state index contributed by atoms with van der Waals surface area (Å²) in [7, 11) is 0. The van der Waals surface area contributed by atoms with E-state index in [4.69, 9.17) is 9.47 Å². The molecular weight excluding hydrogens is 321 g/mol. The summed E-state index contributed by atoms with van der Waals surface area (Å²) in [6, 6.07) is 4.36. The zero-order chi connectivity index (χ0) is 17.4. The molecule has 1 saturated carbocycles. The van der Waals surface area contributed by atoms with E-state index in [1.807, 2.05) is 4.90 Å². The Hall–Kier alpha value is -1.46. The topological polar surface area (TPSA) is 38.8 Å². The fourth-order valence-electron chi connectivity index (χ4n) is 3.97. The first-order valence-electron chi connectivity index (χ1n) is 9.36. The third kappa shape index (κ3) is 3.72. The molecule has 2 heterocycles. The molecule has 2 aliphatic heterocycles. The Balaban J connectivity index is 1.32. The van der Waals surface area contributed by atoms with Crippen molar-refractivity contribution in [3.63, 3.8) is 0 Å². The molecule has 3 aliphatic rings. The number of hydrogen-bond donors (Lipinski definition) is 0. The van der Waals surface area contributed by atoms with Crippen molar-refractivity contribution >= 4 is 5.91 Å². The Morgan fingerprint density at radius 3 is 2.80 bits per heavy atom. The molecule has 1 amide bonds. The number of rotatable bonds is 4. The van der Waals surface area contributed by atoms with Crippen LogP contribution in [0.3, 0.4) is 0 Å². The number of amides is 1. The van der Waals surface area contributed by atoms with Gasteiger partial charge in [-0.1, -0.05) is 0 Å². The molecule has 0 radical (unpaired) electrons. The number of halogens is 1. The van der Waals surface area contributed by atoms with E-state index in [-0.39, 0.29) is 23.4 Å². The van der Waals surface area contributed by atoms with Crippen LogP contribution < -0.4 is 0 Å². The van der Waals surface area contributed by atoms with Crippen LogP contribution >= 0.6 is 0 Å². The number of piperidine rings is 1. The summed E-state index contributed by atoms with van der Waals surface area (Å²) in [6.07, 6.45) is 5.46. The van der Waals surface area contributed by atoms with Gasteiger partial charge in [-0.3, -0.25) is 4.79 Å². The predicted molar refractivity (Wildman–Crippen MR) is 92.0 cm³/mol. The fourth-order valence-corrected chi connectivity index (χ4v) is 3.97. The highest BCUT2D eigenvalue weighted by Gasteiger charge is 2.44. The first-order valence-corrected chi connectivity index (χ1v) is 9.36. The van der Waals surface area contributed by atoms with E-state index in [1.165, 1.54) is 25.0 Å². The van der Waals surface area contributed by atoms with Crippen molar-refractivity contribution in [1.82, 2.24) is 4.90 Å². The van der Waals surface area contributed by atoms with Gasteiger partial charge in [-0.15, -0.1) is 0 Å². The van der Waals surface area contributed by atoms with Crippen LogP contribution in [0.25, 0.3) is 0 Å². The molecule has 1 atom stereocenters. The minimum Gasteiger partial charge on any atom is -0.375 e. The summed E-state index contributed by atoms with van der Waals surface area (Å²) in [5.74, 6) is 0.463. The molecule has 0 aromatic heterocycles. The molecule has 5 heteroatoms. The Kier molecular flexibility index (Phi) is 4.54. The number of hydrogen-bond acceptors (Lipinski definition) is 3. The van der Waals surface area contributed by atoms with E-state index in [0.717, 1.165) is 31.8 Å². The largest absolute Gasteiger partial charge is 0.375 e. The molecule has 1 spiro atoms. The number of benzene rings is 1. The van der Waals surface area contributed by atoms with Crippen molar-refractivity contribution in [1.29, 1.82) is 0 Å². The van der Waals surface area contributed by atoms with Gasteiger partial charge in [0.2, 0.25) is 0 Å². The van der Waals surface area contributed by atoms with Crippen molar-refractivity contribution in [2.75, 3.05) is 26.3 Å². The smallest absolute Gasteiger partial charge is 0.254 e. The Morgan fingerprint density at radius 2 is 2.12 bits per heavy atom.